The second kappa shape index (κ2) is 8.88. The molecular formula is C17H21NO2. The normalized spacial score (nSPS) is 9.35. The van der Waals surface area contributed by atoms with Crippen molar-refractivity contribution in [2.24, 2.45) is 0 Å². The molecule has 0 bridgehead atoms. The molecule has 0 fully saturated rings. The average Bonchev–Trinajstić information content (AvgIpc) is 2.48. The monoisotopic (exact) mass is 271 g/mol. The molecule has 0 radical (unpaired) electrons. The fourth-order valence-electron chi connectivity index (χ4n) is 1.65. The molecule has 20 heavy (non-hydrogen) atoms. The summed E-state index contributed by atoms with van der Waals surface area (Å²) in [5.41, 5.74) is 2.99. The molecule has 0 heterocycles. The van der Waals surface area contributed by atoms with Crippen LogP contribution in [0.4, 0.5) is 5.69 Å². The number of aliphatic hydroxyl groups is 1. The molecule has 0 unspecified atom stereocenters. The van der Waals surface area contributed by atoms with Crippen LogP contribution in [0.5, 0.6) is 0 Å². The largest absolute Gasteiger partial charge is 0.396 e. The van der Waals surface area contributed by atoms with Crippen molar-refractivity contribution in [3.63, 3.8) is 0 Å². The summed E-state index contributed by atoms with van der Waals surface area (Å²) in [6.45, 7) is 3.77. The van der Waals surface area contributed by atoms with E-state index in [0.717, 1.165) is 23.2 Å². The third-order valence-corrected chi connectivity index (χ3v) is 2.55. The van der Waals surface area contributed by atoms with E-state index in [1.807, 2.05) is 61.5 Å². The van der Waals surface area contributed by atoms with Gasteiger partial charge in [0.05, 0.1) is 0 Å². The zero-order valence-electron chi connectivity index (χ0n) is 12.0. The van der Waals surface area contributed by atoms with Crippen molar-refractivity contribution in [3.8, 4) is 11.1 Å². The van der Waals surface area contributed by atoms with Crippen LogP contribution in [-0.4, -0.2) is 17.6 Å². The number of aliphatic hydroxyl groups excluding tert-OH is 1. The highest BCUT2D eigenvalue weighted by molar-refractivity contribution is 5.94. The van der Waals surface area contributed by atoms with Gasteiger partial charge in [0.25, 0.3) is 0 Å². The van der Waals surface area contributed by atoms with Gasteiger partial charge in [0.15, 0.2) is 0 Å². The SMILES string of the molecule is CC(=O)Nc1ccccc1-c1ccccc1.CCCO. The predicted molar refractivity (Wildman–Crippen MR) is 83.6 cm³/mol. The summed E-state index contributed by atoms with van der Waals surface area (Å²) in [4.78, 5) is 11.1. The van der Waals surface area contributed by atoms with E-state index in [1.165, 1.54) is 6.92 Å². The van der Waals surface area contributed by atoms with Crippen LogP contribution in [0.3, 0.4) is 0 Å². The Hall–Kier alpha value is -2.13. The Morgan fingerprint density at radius 3 is 2.15 bits per heavy atom. The number of nitrogens with one attached hydrogen (secondary N) is 1. The van der Waals surface area contributed by atoms with Crippen LogP contribution < -0.4 is 5.32 Å². The standard InChI is InChI=1S/C14H13NO.C3H8O/c1-11(16)15-14-10-6-5-9-13(14)12-7-3-2-4-8-12;1-2-3-4/h2-10H,1H3,(H,15,16);4H,2-3H2,1H3. The molecule has 0 spiro atoms. The van der Waals surface area contributed by atoms with Crippen molar-refractivity contribution < 1.29 is 9.90 Å². The zero-order chi connectivity index (χ0) is 14.8. The second-order valence-corrected chi connectivity index (χ2v) is 4.32. The summed E-state index contributed by atoms with van der Waals surface area (Å²) in [7, 11) is 0. The number of para-hydroxylation sites is 1. The fraction of sp³-hybridized carbons (Fsp3) is 0.235. The maximum absolute atomic E-state index is 11.1. The third-order valence-electron chi connectivity index (χ3n) is 2.55. The van der Waals surface area contributed by atoms with Gasteiger partial charge in [-0.15, -0.1) is 0 Å². The molecule has 0 saturated carbocycles. The smallest absolute Gasteiger partial charge is 0.221 e. The highest BCUT2D eigenvalue weighted by atomic mass is 16.2. The van der Waals surface area contributed by atoms with Crippen molar-refractivity contribution >= 4 is 11.6 Å². The summed E-state index contributed by atoms with van der Waals surface area (Å²) in [5, 5.41) is 10.7. The zero-order valence-corrected chi connectivity index (χ0v) is 12.0. The number of hydrogen-bond acceptors (Lipinski definition) is 2. The van der Waals surface area contributed by atoms with Gasteiger partial charge in [-0.25, -0.2) is 0 Å². The first-order valence-electron chi connectivity index (χ1n) is 6.72. The van der Waals surface area contributed by atoms with Gasteiger partial charge in [-0.05, 0) is 18.1 Å². The third kappa shape index (κ3) is 5.24. The number of anilines is 1. The van der Waals surface area contributed by atoms with Gasteiger partial charge in [0, 0.05) is 24.8 Å². The summed E-state index contributed by atoms with van der Waals surface area (Å²) in [6.07, 6.45) is 0.875. The minimum Gasteiger partial charge on any atom is -0.396 e. The molecule has 2 rings (SSSR count). The first kappa shape index (κ1) is 15.9. The number of benzene rings is 2. The van der Waals surface area contributed by atoms with Crippen LogP contribution in [-0.2, 0) is 4.79 Å². The maximum Gasteiger partial charge on any atom is 0.221 e. The number of carbonyl (C=O) groups excluding carboxylic acids is 1. The number of amides is 1. The maximum atomic E-state index is 11.1. The average molecular weight is 271 g/mol. The van der Waals surface area contributed by atoms with Crippen LogP contribution >= 0.6 is 0 Å². The predicted octanol–water partition coefficient (Wildman–Crippen LogP) is 3.70. The van der Waals surface area contributed by atoms with Crippen LogP contribution in [0.15, 0.2) is 54.6 Å². The minimum absolute atomic E-state index is 0.0524. The lowest BCUT2D eigenvalue weighted by Crippen LogP contribution is -2.06. The first-order chi connectivity index (χ1) is 9.69. The van der Waals surface area contributed by atoms with E-state index in [2.05, 4.69) is 5.32 Å². The van der Waals surface area contributed by atoms with Gasteiger partial charge in [0.1, 0.15) is 0 Å². The summed E-state index contributed by atoms with van der Waals surface area (Å²) in [6, 6.07) is 17.8. The molecule has 2 aromatic carbocycles. The number of rotatable bonds is 3. The van der Waals surface area contributed by atoms with E-state index in [-0.39, 0.29) is 5.91 Å². The molecule has 0 aromatic heterocycles. The lowest BCUT2D eigenvalue weighted by Gasteiger charge is -2.09. The van der Waals surface area contributed by atoms with Crippen molar-refractivity contribution in [1.82, 2.24) is 0 Å². The highest BCUT2D eigenvalue weighted by Gasteiger charge is 2.04. The van der Waals surface area contributed by atoms with E-state index in [4.69, 9.17) is 5.11 Å². The summed E-state index contributed by atoms with van der Waals surface area (Å²) in [5.74, 6) is -0.0524. The molecule has 0 aliphatic heterocycles. The van der Waals surface area contributed by atoms with Crippen molar-refractivity contribution in [2.45, 2.75) is 20.3 Å². The molecule has 0 aliphatic carbocycles. The van der Waals surface area contributed by atoms with Crippen LogP contribution in [0, 0.1) is 0 Å². The lowest BCUT2D eigenvalue weighted by molar-refractivity contribution is -0.114. The van der Waals surface area contributed by atoms with Gasteiger partial charge in [-0.3, -0.25) is 4.79 Å². The van der Waals surface area contributed by atoms with Gasteiger partial charge < -0.3 is 10.4 Å². The quantitative estimate of drug-likeness (QED) is 0.894. The Balaban J connectivity index is 0.000000444. The molecule has 0 saturated heterocycles. The molecule has 106 valence electrons. The van der Waals surface area contributed by atoms with Crippen molar-refractivity contribution in [2.75, 3.05) is 11.9 Å². The van der Waals surface area contributed by atoms with E-state index in [9.17, 15) is 4.79 Å². The number of hydrogen-bond donors (Lipinski definition) is 2. The van der Waals surface area contributed by atoms with Gasteiger partial charge in [0.2, 0.25) is 5.91 Å². The van der Waals surface area contributed by atoms with Gasteiger partial charge in [-0.1, -0.05) is 55.5 Å². The van der Waals surface area contributed by atoms with E-state index < -0.39 is 0 Å². The Kier molecular flexibility index (Phi) is 7.07. The van der Waals surface area contributed by atoms with Crippen LogP contribution in [0.1, 0.15) is 20.3 Å². The molecule has 3 nitrogen and oxygen atoms in total. The summed E-state index contributed by atoms with van der Waals surface area (Å²) >= 11 is 0. The molecule has 3 heteroatoms. The van der Waals surface area contributed by atoms with Gasteiger partial charge in [-0.2, -0.15) is 0 Å². The van der Waals surface area contributed by atoms with E-state index in [0.29, 0.717) is 6.61 Å². The topological polar surface area (TPSA) is 49.3 Å². The van der Waals surface area contributed by atoms with Crippen molar-refractivity contribution in [1.29, 1.82) is 0 Å². The Morgan fingerprint density at radius 2 is 1.60 bits per heavy atom. The molecule has 2 N–H and O–H groups in total. The minimum atomic E-state index is -0.0524. The van der Waals surface area contributed by atoms with Crippen LogP contribution in [0.25, 0.3) is 11.1 Å². The Labute approximate surface area is 120 Å². The van der Waals surface area contributed by atoms with E-state index in [1.54, 1.807) is 0 Å². The fourth-order valence-corrected chi connectivity index (χ4v) is 1.65. The Morgan fingerprint density at radius 1 is 1.05 bits per heavy atom. The highest BCUT2D eigenvalue weighted by Crippen LogP contribution is 2.27. The van der Waals surface area contributed by atoms with Crippen LogP contribution in [0.2, 0.25) is 0 Å². The Bertz CT molecular complexity index is 522. The molecule has 2 aromatic rings. The summed E-state index contributed by atoms with van der Waals surface area (Å²) < 4.78 is 0. The van der Waals surface area contributed by atoms with E-state index >= 15 is 0 Å². The molecule has 0 aliphatic rings. The number of carbonyl (C=O) groups is 1. The van der Waals surface area contributed by atoms with Crippen molar-refractivity contribution in [3.05, 3.63) is 54.6 Å². The van der Waals surface area contributed by atoms with Gasteiger partial charge >= 0.3 is 0 Å². The molecule has 0 atom stereocenters. The lowest BCUT2D eigenvalue weighted by atomic mass is 10.0. The second-order valence-electron chi connectivity index (χ2n) is 4.32. The molecule has 1 amide bonds. The first-order valence-corrected chi connectivity index (χ1v) is 6.72. The molecular weight excluding hydrogens is 250 g/mol.